The zero-order chi connectivity index (χ0) is 9.76. The van der Waals surface area contributed by atoms with Crippen LogP contribution in [0.2, 0.25) is 0 Å². The standard InChI is InChI=1S/C11H16NO2/c13-7-12(14)11-4-8-1-9(5-11)3-10(2-8)6-11/h8-10,14H,1-6H2. The molecular weight excluding hydrogens is 178 g/mol. The van der Waals surface area contributed by atoms with Crippen LogP contribution in [0.4, 0.5) is 0 Å². The van der Waals surface area contributed by atoms with Crippen molar-refractivity contribution in [2.24, 2.45) is 17.8 Å². The van der Waals surface area contributed by atoms with Gasteiger partial charge in [0, 0.05) is 0 Å². The molecule has 4 saturated carbocycles. The van der Waals surface area contributed by atoms with Crippen molar-refractivity contribution in [3.63, 3.8) is 0 Å². The van der Waals surface area contributed by atoms with Gasteiger partial charge in [-0.25, -0.2) is 5.06 Å². The Morgan fingerprint density at radius 1 is 1.07 bits per heavy atom. The summed E-state index contributed by atoms with van der Waals surface area (Å²) in [6.45, 7) is 0. The lowest BCUT2D eigenvalue weighted by Gasteiger charge is -2.57. The van der Waals surface area contributed by atoms with Gasteiger partial charge in [0.25, 0.3) is 0 Å². The highest BCUT2D eigenvalue weighted by molar-refractivity contribution is 5.48. The van der Waals surface area contributed by atoms with E-state index in [1.807, 2.05) is 0 Å². The Labute approximate surface area is 84.0 Å². The van der Waals surface area contributed by atoms with Gasteiger partial charge in [0.05, 0.1) is 5.54 Å². The molecule has 0 spiro atoms. The Hall–Kier alpha value is -0.570. The van der Waals surface area contributed by atoms with Gasteiger partial charge in [0.2, 0.25) is 0 Å². The first-order valence-electron chi connectivity index (χ1n) is 5.59. The molecule has 0 heterocycles. The van der Waals surface area contributed by atoms with Gasteiger partial charge in [-0.15, -0.1) is 0 Å². The predicted molar refractivity (Wildman–Crippen MR) is 50.2 cm³/mol. The summed E-state index contributed by atoms with van der Waals surface area (Å²) in [7, 11) is 0. The molecule has 4 aliphatic carbocycles. The average molecular weight is 194 g/mol. The second kappa shape index (κ2) is 2.72. The van der Waals surface area contributed by atoms with Crippen molar-refractivity contribution in [2.45, 2.75) is 44.1 Å². The van der Waals surface area contributed by atoms with Gasteiger partial charge >= 0.3 is 6.41 Å². The Kier molecular flexibility index (Phi) is 1.69. The second-order valence-electron chi connectivity index (χ2n) is 5.54. The van der Waals surface area contributed by atoms with E-state index in [-0.39, 0.29) is 5.54 Å². The van der Waals surface area contributed by atoms with Gasteiger partial charge in [0.1, 0.15) is 0 Å². The molecule has 0 unspecified atom stereocenters. The van der Waals surface area contributed by atoms with Crippen molar-refractivity contribution in [1.82, 2.24) is 5.06 Å². The van der Waals surface area contributed by atoms with E-state index in [0.717, 1.165) is 42.1 Å². The van der Waals surface area contributed by atoms with Crippen LogP contribution in [0.5, 0.6) is 0 Å². The number of amides is 1. The zero-order valence-corrected chi connectivity index (χ0v) is 8.28. The minimum Gasteiger partial charge on any atom is -0.285 e. The number of hydroxylamine groups is 2. The fourth-order valence-electron chi connectivity index (χ4n) is 4.42. The molecule has 0 saturated heterocycles. The lowest BCUT2D eigenvalue weighted by atomic mass is 9.53. The SMILES string of the molecule is O=[C]N(O)C12CC3CC(CC(C3)C1)C2. The number of nitrogens with zero attached hydrogens (tertiary/aromatic N) is 1. The summed E-state index contributed by atoms with van der Waals surface area (Å²) in [6.07, 6.45) is 8.65. The molecule has 77 valence electrons. The van der Waals surface area contributed by atoms with Crippen LogP contribution in [0.1, 0.15) is 38.5 Å². The Bertz CT molecular complexity index is 229. The van der Waals surface area contributed by atoms with E-state index in [0.29, 0.717) is 0 Å². The minimum atomic E-state index is -0.226. The predicted octanol–water partition coefficient (Wildman–Crippen LogP) is 1.71. The molecule has 3 heteroatoms. The molecule has 14 heavy (non-hydrogen) atoms. The molecule has 4 fully saturated rings. The molecule has 1 radical (unpaired) electrons. The maximum atomic E-state index is 10.6. The normalized spacial score (nSPS) is 49.4. The third-order valence-corrected chi connectivity index (χ3v) is 4.54. The fraction of sp³-hybridized carbons (Fsp3) is 0.909. The van der Waals surface area contributed by atoms with E-state index in [1.165, 1.54) is 19.3 Å². The van der Waals surface area contributed by atoms with Crippen LogP contribution in [-0.4, -0.2) is 22.2 Å². The summed E-state index contributed by atoms with van der Waals surface area (Å²) in [6, 6.07) is 0. The van der Waals surface area contributed by atoms with Crippen molar-refractivity contribution >= 4 is 6.41 Å². The Balaban J connectivity index is 1.90. The second-order valence-corrected chi connectivity index (χ2v) is 5.54. The lowest BCUT2D eigenvalue weighted by molar-refractivity contribution is -0.179. The first-order chi connectivity index (χ1) is 6.72. The Morgan fingerprint density at radius 3 is 1.86 bits per heavy atom. The highest BCUT2D eigenvalue weighted by Gasteiger charge is 2.53. The van der Waals surface area contributed by atoms with Gasteiger partial charge in [0.15, 0.2) is 0 Å². The topological polar surface area (TPSA) is 40.5 Å². The molecule has 0 aromatic rings. The van der Waals surface area contributed by atoms with E-state index in [2.05, 4.69) is 0 Å². The zero-order valence-electron chi connectivity index (χ0n) is 8.28. The summed E-state index contributed by atoms with van der Waals surface area (Å²) >= 11 is 0. The van der Waals surface area contributed by atoms with Gasteiger partial charge in [-0.1, -0.05) is 0 Å². The summed E-state index contributed by atoms with van der Waals surface area (Å²) in [5, 5.41) is 10.5. The van der Waals surface area contributed by atoms with E-state index in [9.17, 15) is 10.0 Å². The Morgan fingerprint density at radius 2 is 1.50 bits per heavy atom. The molecule has 1 N–H and O–H groups in total. The van der Waals surface area contributed by atoms with Crippen molar-refractivity contribution in [3.05, 3.63) is 0 Å². The largest absolute Gasteiger partial charge is 0.338 e. The van der Waals surface area contributed by atoms with Crippen molar-refractivity contribution in [1.29, 1.82) is 0 Å². The summed E-state index contributed by atoms with van der Waals surface area (Å²) in [5.41, 5.74) is -0.226. The molecular formula is C11H16NO2. The highest BCUT2D eigenvalue weighted by Crippen LogP contribution is 2.57. The van der Waals surface area contributed by atoms with E-state index < -0.39 is 0 Å². The molecule has 0 atom stereocenters. The van der Waals surface area contributed by atoms with Crippen LogP contribution in [-0.2, 0) is 4.79 Å². The molecule has 4 rings (SSSR count). The molecule has 4 bridgehead atoms. The highest BCUT2D eigenvalue weighted by atomic mass is 16.5. The summed E-state index contributed by atoms with van der Waals surface area (Å²) in [4.78, 5) is 10.6. The van der Waals surface area contributed by atoms with Crippen LogP contribution in [0.15, 0.2) is 0 Å². The maximum absolute atomic E-state index is 10.6. The van der Waals surface area contributed by atoms with Crippen molar-refractivity contribution in [3.8, 4) is 0 Å². The quantitative estimate of drug-likeness (QED) is 0.413. The molecule has 1 amide bonds. The van der Waals surface area contributed by atoms with Gasteiger partial charge in [-0.3, -0.25) is 10.0 Å². The van der Waals surface area contributed by atoms with Crippen molar-refractivity contribution in [2.75, 3.05) is 0 Å². The molecule has 3 nitrogen and oxygen atoms in total. The summed E-state index contributed by atoms with van der Waals surface area (Å²) in [5.74, 6) is 2.26. The van der Waals surface area contributed by atoms with Gasteiger partial charge < -0.3 is 0 Å². The minimum absolute atomic E-state index is 0.226. The van der Waals surface area contributed by atoms with E-state index in [4.69, 9.17) is 0 Å². The number of hydrogen-bond donors (Lipinski definition) is 1. The monoisotopic (exact) mass is 194 g/mol. The third-order valence-electron chi connectivity index (χ3n) is 4.54. The molecule has 0 aromatic carbocycles. The number of rotatable bonds is 2. The van der Waals surface area contributed by atoms with E-state index in [1.54, 1.807) is 6.41 Å². The third kappa shape index (κ3) is 1.05. The first kappa shape index (κ1) is 8.72. The van der Waals surface area contributed by atoms with Crippen LogP contribution >= 0.6 is 0 Å². The van der Waals surface area contributed by atoms with Crippen molar-refractivity contribution < 1.29 is 10.0 Å². The van der Waals surface area contributed by atoms with Crippen LogP contribution < -0.4 is 0 Å². The van der Waals surface area contributed by atoms with Crippen LogP contribution in [0.25, 0.3) is 0 Å². The lowest BCUT2D eigenvalue weighted by Crippen LogP contribution is -2.58. The molecule has 4 aliphatic rings. The van der Waals surface area contributed by atoms with Gasteiger partial charge in [-0.2, -0.15) is 0 Å². The maximum Gasteiger partial charge on any atom is 0.338 e. The van der Waals surface area contributed by atoms with Crippen LogP contribution in [0.3, 0.4) is 0 Å². The van der Waals surface area contributed by atoms with Crippen LogP contribution in [0, 0.1) is 17.8 Å². The van der Waals surface area contributed by atoms with Gasteiger partial charge in [-0.05, 0) is 56.3 Å². The van der Waals surface area contributed by atoms with E-state index >= 15 is 0 Å². The molecule has 0 aromatic heterocycles. The number of carbonyl (C=O) groups excluding carboxylic acids is 1. The number of hydrogen-bond acceptors (Lipinski definition) is 2. The summed E-state index contributed by atoms with van der Waals surface area (Å²) < 4.78 is 0. The first-order valence-corrected chi connectivity index (χ1v) is 5.59. The molecule has 0 aliphatic heterocycles. The fourth-order valence-corrected chi connectivity index (χ4v) is 4.42. The smallest absolute Gasteiger partial charge is 0.285 e. The average Bonchev–Trinajstić information content (AvgIpc) is 2.14.